The van der Waals surface area contributed by atoms with E-state index in [-0.39, 0.29) is 6.61 Å². The highest BCUT2D eigenvalue weighted by atomic mass is 32.1. The number of fused-ring (bicyclic) bond motifs is 1. The first-order chi connectivity index (χ1) is 13.5. The van der Waals surface area contributed by atoms with Crippen molar-refractivity contribution in [2.75, 3.05) is 32.2 Å². The summed E-state index contributed by atoms with van der Waals surface area (Å²) in [7, 11) is 3.92. The Bertz CT molecular complexity index is 967. The van der Waals surface area contributed by atoms with E-state index < -0.39 is 12.8 Å². The number of nitrogens with zero attached hydrogens (tertiary/aromatic N) is 3. The van der Waals surface area contributed by atoms with Crippen LogP contribution in [0.15, 0.2) is 48.7 Å². The quantitative estimate of drug-likeness (QED) is 0.577. The molecule has 1 unspecified atom stereocenters. The molecule has 0 spiro atoms. The molecular formula is C21H22FN3O2S. The van der Waals surface area contributed by atoms with Gasteiger partial charge in [0.25, 0.3) is 0 Å². The molecule has 3 aromatic rings. The van der Waals surface area contributed by atoms with Gasteiger partial charge < -0.3 is 14.7 Å². The monoisotopic (exact) mass is 398 g/mol. The van der Waals surface area contributed by atoms with Gasteiger partial charge in [-0.25, -0.2) is 14.4 Å². The second-order valence-corrected chi connectivity index (χ2v) is 7.40. The van der Waals surface area contributed by atoms with Gasteiger partial charge >= 0.3 is 0 Å². The van der Waals surface area contributed by atoms with Crippen LogP contribution in [0.5, 0.6) is 5.75 Å². The normalized spacial score (nSPS) is 12.9. The molecule has 0 saturated heterocycles. The fourth-order valence-electron chi connectivity index (χ4n) is 2.39. The van der Waals surface area contributed by atoms with Crippen molar-refractivity contribution in [3.8, 4) is 5.75 Å². The third-order valence-corrected chi connectivity index (χ3v) is 4.86. The fourth-order valence-corrected chi connectivity index (χ4v) is 3.30. The van der Waals surface area contributed by atoms with Crippen LogP contribution in [0.4, 0.5) is 10.2 Å². The minimum Gasteiger partial charge on any atom is -0.490 e. The minimum absolute atomic E-state index is 0.164. The van der Waals surface area contributed by atoms with Crippen LogP contribution < -0.4 is 9.64 Å². The van der Waals surface area contributed by atoms with Crippen LogP contribution >= 0.6 is 11.3 Å². The molecule has 2 aromatic heterocycles. The molecule has 5 nitrogen and oxygen atoms in total. The van der Waals surface area contributed by atoms with E-state index in [4.69, 9.17) is 9.84 Å². The van der Waals surface area contributed by atoms with Crippen molar-refractivity contribution in [3.63, 3.8) is 0 Å². The SMILES string of the molecule is CN(C)c1ccc(/C=C/C=C/c2nc3ccc(OCC([18F])CO)cc3s2)cn1. The van der Waals surface area contributed by atoms with Crippen LogP contribution in [-0.2, 0) is 0 Å². The maximum Gasteiger partial charge on any atom is 0.157 e. The number of benzene rings is 1. The molecular weight excluding hydrogens is 376 g/mol. The van der Waals surface area contributed by atoms with Crippen molar-refractivity contribution < 1.29 is 14.2 Å². The van der Waals surface area contributed by atoms with E-state index in [9.17, 15) is 4.39 Å². The van der Waals surface area contributed by atoms with Crippen molar-refractivity contribution in [1.82, 2.24) is 9.97 Å². The average molecular weight is 398 g/mol. The Kier molecular flexibility index (Phi) is 6.73. The number of aliphatic hydroxyl groups excluding tert-OH is 1. The van der Waals surface area contributed by atoms with Gasteiger partial charge in [0.1, 0.15) is 23.2 Å². The van der Waals surface area contributed by atoms with E-state index in [1.165, 1.54) is 11.3 Å². The Hall–Kier alpha value is -2.77. The van der Waals surface area contributed by atoms with Gasteiger partial charge in [0, 0.05) is 20.3 Å². The van der Waals surface area contributed by atoms with Gasteiger partial charge in [-0.3, -0.25) is 0 Å². The van der Waals surface area contributed by atoms with E-state index in [1.54, 1.807) is 6.07 Å². The third-order valence-electron chi connectivity index (χ3n) is 3.87. The van der Waals surface area contributed by atoms with Gasteiger partial charge in [-0.05, 0) is 42.0 Å². The van der Waals surface area contributed by atoms with Crippen LogP contribution in [0.1, 0.15) is 10.6 Å². The van der Waals surface area contributed by atoms with Crippen LogP contribution in [0.2, 0.25) is 0 Å². The zero-order chi connectivity index (χ0) is 19.9. The summed E-state index contributed by atoms with van der Waals surface area (Å²) >= 11 is 1.53. The number of thiazole rings is 1. The van der Waals surface area contributed by atoms with Gasteiger partial charge in [0.15, 0.2) is 6.17 Å². The van der Waals surface area contributed by atoms with Gasteiger partial charge in [-0.15, -0.1) is 11.3 Å². The lowest BCUT2D eigenvalue weighted by Crippen LogP contribution is -2.16. The van der Waals surface area contributed by atoms with Crippen molar-refractivity contribution in [2.45, 2.75) is 6.17 Å². The Morgan fingerprint density at radius 3 is 2.75 bits per heavy atom. The molecule has 7 heteroatoms. The zero-order valence-electron chi connectivity index (χ0n) is 15.7. The lowest BCUT2D eigenvalue weighted by molar-refractivity contribution is 0.123. The van der Waals surface area contributed by atoms with E-state index in [0.29, 0.717) is 5.75 Å². The second kappa shape index (κ2) is 9.43. The molecule has 1 atom stereocenters. The number of anilines is 1. The number of pyridine rings is 1. The number of aromatic nitrogens is 2. The number of ether oxygens (including phenoxy) is 1. The van der Waals surface area contributed by atoms with Gasteiger partial charge in [-0.2, -0.15) is 0 Å². The smallest absolute Gasteiger partial charge is 0.157 e. The predicted molar refractivity (Wildman–Crippen MR) is 114 cm³/mol. The zero-order valence-corrected chi connectivity index (χ0v) is 16.6. The topological polar surface area (TPSA) is 58.5 Å². The summed E-state index contributed by atoms with van der Waals surface area (Å²) in [4.78, 5) is 10.9. The fraction of sp³-hybridized carbons (Fsp3) is 0.238. The summed E-state index contributed by atoms with van der Waals surface area (Å²) in [6.07, 6.45) is 8.26. The van der Waals surface area contributed by atoms with Gasteiger partial charge in [-0.1, -0.05) is 18.2 Å². The first kappa shape index (κ1) is 20.0. The number of rotatable bonds is 8. The molecule has 0 bridgehead atoms. The lowest BCUT2D eigenvalue weighted by atomic mass is 10.2. The van der Waals surface area contributed by atoms with Crippen molar-refractivity contribution in [2.24, 2.45) is 0 Å². The first-order valence-corrected chi connectivity index (χ1v) is 9.63. The number of aliphatic hydroxyl groups is 1. The molecule has 3 rings (SSSR count). The maximum atomic E-state index is 13.1. The average Bonchev–Trinajstić information content (AvgIpc) is 3.11. The summed E-state index contributed by atoms with van der Waals surface area (Å²) < 4.78 is 19.4. The third kappa shape index (κ3) is 5.37. The van der Waals surface area contributed by atoms with E-state index in [1.807, 2.05) is 73.8 Å². The van der Waals surface area contributed by atoms with E-state index in [2.05, 4.69) is 9.97 Å². The highest BCUT2D eigenvalue weighted by molar-refractivity contribution is 7.19. The van der Waals surface area contributed by atoms with Crippen molar-refractivity contribution in [3.05, 3.63) is 59.3 Å². The molecule has 146 valence electrons. The summed E-state index contributed by atoms with van der Waals surface area (Å²) in [6.45, 7) is -0.704. The highest BCUT2D eigenvalue weighted by Gasteiger charge is 2.07. The standard InChI is InChI=1S/C21H22FN3O2S/c1-25(2)20-10-7-15(12-23-20)5-3-4-6-21-24-18-9-8-17(11-19(18)28-21)27-14-16(22)13-26/h3-12,16,26H,13-14H2,1-2H3/b5-3+,6-4+/i22-1. The lowest BCUT2D eigenvalue weighted by Gasteiger charge is -2.10. The number of allylic oxidation sites excluding steroid dienone is 2. The molecule has 0 saturated carbocycles. The van der Waals surface area contributed by atoms with Crippen LogP contribution in [0.3, 0.4) is 0 Å². The largest absolute Gasteiger partial charge is 0.490 e. The molecule has 0 fully saturated rings. The molecule has 0 aliphatic rings. The Balaban J connectivity index is 1.63. The summed E-state index contributed by atoms with van der Waals surface area (Å²) in [5.41, 5.74) is 1.89. The number of alkyl halides is 1. The molecule has 1 N–H and O–H groups in total. The van der Waals surface area contributed by atoms with Crippen LogP contribution in [-0.4, -0.2) is 48.6 Å². The van der Waals surface area contributed by atoms with Crippen molar-refractivity contribution >= 4 is 39.5 Å². The maximum absolute atomic E-state index is 13.1. The molecule has 2 heterocycles. The first-order valence-electron chi connectivity index (χ1n) is 8.81. The molecule has 28 heavy (non-hydrogen) atoms. The molecule has 0 aliphatic carbocycles. The summed E-state index contributed by atoms with van der Waals surface area (Å²) in [5.74, 6) is 1.49. The number of halogens is 1. The Morgan fingerprint density at radius 2 is 2.04 bits per heavy atom. The number of hydrogen-bond acceptors (Lipinski definition) is 6. The van der Waals surface area contributed by atoms with Crippen LogP contribution in [0, 0.1) is 0 Å². The minimum atomic E-state index is -1.38. The van der Waals surface area contributed by atoms with E-state index >= 15 is 0 Å². The molecule has 0 amide bonds. The summed E-state index contributed by atoms with van der Waals surface area (Å²) in [6, 6.07) is 9.43. The summed E-state index contributed by atoms with van der Waals surface area (Å²) in [5, 5.41) is 9.59. The molecule has 1 aromatic carbocycles. The second-order valence-electron chi connectivity index (χ2n) is 6.33. The van der Waals surface area contributed by atoms with Gasteiger partial charge in [0.2, 0.25) is 0 Å². The molecule has 0 aliphatic heterocycles. The Labute approximate surface area is 167 Å². The van der Waals surface area contributed by atoms with Gasteiger partial charge in [0.05, 0.1) is 16.8 Å². The van der Waals surface area contributed by atoms with E-state index in [0.717, 1.165) is 26.6 Å². The Morgan fingerprint density at radius 1 is 1.21 bits per heavy atom. The highest BCUT2D eigenvalue weighted by Crippen LogP contribution is 2.27. The van der Waals surface area contributed by atoms with Crippen LogP contribution in [0.25, 0.3) is 22.4 Å². The van der Waals surface area contributed by atoms with Crippen molar-refractivity contribution in [1.29, 1.82) is 0 Å². The number of hydrogen-bond donors (Lipinski definition) is 1. The molecule has 0 radical (unpaired) electrons. The predicted octanol–water partition coefficient (Wildman–Crippen LogP) is 4.19.